The molecule has 4 heterocycles. The average Bonchev–Trinajstić information content (AvgIpc) is 3.23. The Morgan fingerprint density at radius 2 is 1.92 bits per heavy atom. The van der Waals surface area contributed by atoms with Gasteiger partial charge < -0.3 is 4.52 Å². The normalized spacial score (nSPS) is 11.5. The third-order valence-corrected chi connectivity index (χ3v) is 4.10. The Morgan fingerprint density at radius 1 is 1.12 bits per heavy atom. The summed E-state index contributed by atoms with van der Waals surface area (Å²) in [6.07, 6.45) is 5.28. The lowest BCUT2D eigenvalue weighted by Crippen LogP contribution is -2.17. The first kappa shape index (κ1) is 16.3. The molecule has 0 amide bonds. The van der Waals surface area contributed by atoms with Crippen LogP contribution in [-0.4, -0.2) is 41.7 Å². The van der Waals surface area contributed by atoms with Crippen molar-refractivity contribution in [3.63, 3.8) is 0 Å². The van der Waals surface area contributed by atoms with Crippen LogP contribution in [-0.2, 0) is 13.1 Å². The molecule has 4 rings (SSSR count). The highest BCUT2D eigenvalue weighted by Gasteiger charge is 2.14. The van der Waals surface area contributed by atoms with Gasteiger partial charge in [0.25, 0.3) is 0 Å². The third-order valence-electron chi connectivity index (χ3n) is 4.10. The second kappa shape index (κ2) is 6.64. The lowest BCUT2D eigenvalue weighted by Gasteiger charge is -2.13. The van der Waals surface area contributed by atoms with E-state index in [1.165, 1.54) is 0 Å². The summed E-state index contributed by atoms with van der Waals surface area (Å²) in [6.45, 7) is 5.25. The van der Waals surface area contributed by atoms with Crippen LogP contribution in [0.5, 0.6) is 0 Å². The summed E-state index contributed by atoms with van der Waals surface area (Å²) in [5, 5.41) is 8.47. The molecule has 0 atom stereocenters. The van der Waals surface area contributed by atoms with Crippen LogP contribution in [0.3, 0.4) is 0 Å². The maximum absolute atomic E-state index is 5.37. The van der Waals surface area contributed by atoms with Crippen molar-refractivity contribution in [3.05, 3.63) is 59.6 Å². The van der Waals surface area contributed by atoms with Gasteiger partial charge in [-0.05, 0) is 39.1 Å². The molecule has 0 fully saturated rings. The van der Waals surface area contributed by atoms with Crippen molar-refractivity contribution in [2.24, 2.45) is 0 Å². The third kappa shape index (κ3) is 3.18. The van der Waals surface area contributed by atoms with Gasteiger partial charge in [0, 0.05) is 41.5 Å². The van der Waals surface area contributed by atoms with E-state index in [1.807, 2.05) is 49.8 Å². The molecule has 0 radical (unpaired) electrons. The first-order valence-electron chi connectivity index (χ1n) is 8.32. The van der Waals surface area contributed by atoms with Crippen molar-refractivity contribution in [1.29, 1.82) is 0 Å². The number of nitrogens with zero attached hydrogens (tertiary/aromatic N) is 7. The number of aromatic nitrogens is 6. The highest BCUT2D eigenvalue weighted by Crippen LogP contribution is 2.17. The fourth-order valence-corrected chi connectivity index (χ4v) is 2.94. The summed E-state index contributed by atoms with van der Waals surface area (Å²) in [5.41, 5.74) is 4.89. The molecule has 0 spiro atoms. The minimum atomic E-state index is 0.542. The number of aryl methyl sites for hydroxylation is 2. The van der Waals surface area contributed by atoms with E-state index < -0.39 is 0 Å². The fourth-order valence-electron chi connectivity index (χ4n) is 2.94. The van der Waals surface area contributed by atoms with E-state index >= 15 is 0 Å². The lowest BCUT2D eigenvalue weighted by atomic mass is 10.2. The van der Waals surface area contributed by atoms with Gasteiger partial charge in [-0.15, -0.1) is 0 Å². The van der Waals surface area contributed by atoms with Crippen molar-refractivity contribution < 1.29 is 4.52 Å². The van der Waals surface area contributed by atoms with Gasteiger partial charge in [-0.2, -0.15) is 10.1 Å². The van der Waals surface area contributed by atoms with Gasteiger partial charge in [0.2, 0.25) is 11.7 Å². The highest BCUT2D eigenvalue weighted by atomic mass is 16.5. The van der Waals surface area contributed by atoms with E-state index in [-0.39, 0.29) is 0 Å². The largest absolute Gasteiger partial charge is 0.338 e. The van der Waals surface area contributed by atoms with Crippen LogP contribution in [0.25, 0.3) is 17.0 Å². The zero-order chi connectivity index (χ0) is 18.1. The number of hydrogen-bond donors (Lipinski definition) is 0. The molecule has 0 aliphatic rings. The highest BCUT2D eigenvalue weighted by molar-refractivity contribution is 5.52. The van der Waals surface area contributed by atoms with Gasteiger partial charge in [0.05, 0.1) is 12.7 Å². The monoisotopic (exact) mass is 349 g/mol. The zero-order valence-corrected chi connectivity index (χ0v) is 14.9. The smallest absolute Gasteiger partial charge is 0.241 e. The van der Waals surface area contributed by atoms with Gasteiger partial charge in [-0.3, -0.25) is 9.88 Å². The van der Waals surface area contributed by atoms with Crippen LogP contribution in [0.15, 0.2) is 41.3 Å². The van der Waals surface area contributed by atoms with Gasteiger partial charge in [0.1, 0.15) is 0 Å². The molecular formula is C18H19N7O. The quantitative estimate of drug-likeness (QED) is 0.547. The molecular weight excluding hydrogens is 330 g/mol. The molecule has 8 heteroatoms. The predicted octanol–water partition coefficient (Wildman–Crippen LogP) is 2.42. The molecule has 0 N–H and O–H groups in total. The number of fused-ring (bicyclic) bond motifs is 1. The first-order chi connectivity index (χ1) is 12.6. The molecule has 0 aliphatic heterocycles. The fraction of sp³-hybridized carbons (Fsp3) is 0.278. The van der Waals surface area contributed by atoms with Crippen LogP contribution in [0.1, 0.15) is 22.8 Å². The molecule has 4 aromatic heterocycles. The first-order valence-corrected chi connectivity index (χ1v) is 8.32. The molecule has 8 nitrogen and oxygen atoms in total. The Morgan fingerprint density at radius 3 is 2.73 bits per heavy atom. The van der Waals surface area contributed by atoms with Crippen LogP contribution >= 0.6 is 0 Å². The Balaban J connectivity index is 1.50. The molecule has 0 saturated heterocycles. The molecule has 0 bridgehead atoms. The second-order valence-electron chi connectivity index (χ2n) is 6.36. The van der Waals surface area contributed by atoms with Gasteiger partial charge in [-0.1, -0.05) is 5.16 Å². The minimum absolute atomic E-state index is 0.542. The van der Waals surface area contributed by atoms with Gasteiger partial charge in [0.15, 0.2) is 5.65 Å². The van der Waals surface area contributed by atoms with Gasteiger partial charge in [-0.25, -0.2) is 9.50 Å². The summed E-state index contributed by atoms with van der Waals surface area (Å²) in [6, 6.07) is 5.73. The van der Waals surface area contributed by atoms with E-state index in [0.717, 1.165) is 28.2 Å². The van der Waals surface area contributed by atoms with Gasteiger partial charge >= 0.3 is 0 Å². The van der Waals surface area contributed by atoms with E-state index in [4.69, 9.17) is 4.52 Å². The molecule has 0 saturated carbocycles. The summed E-state index contributed by atoms with van der Waals surface area (Å²) >= 11 is 0. The van der Waals surface area contributed by atoms with Crippen LogP contribution in [0.2, 0.25) is 0 Å². The van der Waals surface area contributed by atoms with E-state index in [9.17, 15) is 0 Å². The van der Waals surface area contributed by atoms with Crippen LogP contribution in [0.4, 0.5) is 0 Å². The van der Waals surface area contributed by atoms with E-state index in [0.29, 0.717) is 24.8 Å². The van der Waals surface area contributed by atoms with E-state index in [2.05, 4.69) is 30.1 Å². The zero-order valence-electron chi connectivity index (χ0n) is 14.9. The standard InChI is InChI=1S/C18H19N7O/c1-12-8-13(2)25-18(21-12)15(9-20-25)10-24(3)11-16-22-17(23-26-16)14-4-6-19-7-5-14/h4-9H,10-11H2,1-3H3. The molecule has 26 heavy (non-hydrogen) atoms. The van der Waals surface area contributed by atoms with Crippen LogP contribution < -0.4 is 0 Å². The van der Waals surface area contributed by atoms with Crippen molar-refractivity contribution in [2.45, 2.75) is 26.9 Å². The Kier molecular flexibility index (Phi) is 4.18. The molecule has 0 aromatic carbocycles. The molecule has 132 valence electrons. The summed E-state index contributed by atoms with van der Waals surface area (Å²) < 4.78 is 7.24. The summed E-state index contributed by atoms with van der Waals surface area (Å²) in [7, 11) is 2.00. The second-order valence-corrected chi connectivity index (χ2v) is 6.36. The Labute approximate surface area is 150 Å². The van der Waals surface area contributed by atoms with Crippen molar-refractivity contribution in [3.8, 4) is 11.4 Å². The van der Waals surface area contributed by atoms with Crippen LogP contribution in [0, 0.1) is 13.8 Å². The summed E-state index contributed by atoms with van der Waals surface area (Å²) in [5.74, 6) is 1.14. The number of hydrogen-bond acceptors (Lipinski definition) is 7. The molecule has 0 unspecified atom stereocenters. The van der Waals surface area contributed by atoms with Crippen molar-refractivity contribution >= 4 is 5.65 Å². The maximum Gasteiger partial charge on any atom is 0.241 e. The molecule has 4 aromatic rings. The Bertz CT molecular complexity index is 1040. The van der Waals surface area contributed by atoms with E-state index in [1.54, 1.807) is 12.4 Å². The topological polar surface area (TPSA) is 85.2 Å². The average molecular weight is 349 g/mol. The van der Waals surface area contributed by atoms with Crippen molar-refractivity contribution in [1.82, 2.24) is 34.6 Å². The number of rotatable bonds is 5. The predicted molar refractivity (Wildman–Crippen MR) is 95.2 cm³/mol. The minimum Gasteiger partial charge on any atom is -0.338 e. The maximum atomic E-state index is 5.37. The molecule has 0 aliphatic carbocycles. The Hall–Kier alpha value is -3.13. The van der Waals surface area contributed by atoms with Crippen molar-refractivity contribution in [2.75, 3.05) is 7.05 Å². The summed E-state index contributed by atoms with van der Waals surface area (Å²) in [4.78, 5) is 15.2. The SMILES string of the molecule is Cc1cc(C)n2ncc(CN(C)Cc3nc(-c4ccncc4)no3)c2n1. The number of pyridine rings is 1. The lowest BCUT2D eigenvalue weighted by molar-refractivity contribution is 0.261.